The second-order valence-electron chi connectivity index (χ2n) is 5.45. The predicted octanol–water partition coefficient (Wildman–Crippen LogP) is 3.30. The largest absolute Gasteiger partial charge is 0.494 e. The van der Waals surface area contributed by atoms with Crippen LogP contribution in [-0.2, 0) is 4.79 Å². The van der Waals surface area contributed by atoms with Gasteiger partial charge in [0.05, 0.1) is 18.3 Å². The first-order valence-corrected chi connectivity index (χ1v) is 8.02. The molecule has 0 fully saturated rings. The molecule has 0 spiro atoms. The van der Waals surface area contributed by atoms with Crippen molar-refractivity contribution in [3.8, 4) is 17.1 Å². The van der Waals surface area contributed by atoms with Crippen LogP contribution in [0.2, 0.25) is 0 Å². The minimum Gasteiger partial charge on any atom is -0.494 e. The Morgan fingerprint density at radius 3 is 2.50 bits per heavy atom. The van der Waals surface area contributed by atoms with Crippen LogP contribution in [0.15, 0.2) is 42.7 Å². The first-order chi connectivity index (χ1) is 13.3. The maximum absolute atomic E-state index is 10.6. The van der Waals surface area contributed by atoms with Crippen LogP contribution in [0.3, 0.4) is 0 Å². The molecule has 0 bridgehead atoms. The summed E-state index contributed by atoms with van der Waals surface area (Å²) in [7, 11) is 0. The molecule has 11 heteroatoms. The number of carbonyl (C=O) groups is 1. The lowest BCUT2D eigenvalue weighted by molar-refractivity contribution is -0.192. The number of hydrogen-bond donors (Lipinski definition) is 2. The van der Waals surface area contributed by atoms with E-state index in [-0.39, 0.29) is 0 Å². The van der Waals surface area contributed by atoms with Gasteiger partial charge in [0.25, 0.3) is 0 Å². The van der Waals surface area contributed by atoms with E-state index >= 15 is 0 Å². The average Bonchev–Trinajstić information content (AvgIpc) is 3.28. The molecule has 0 aliphatic rings. The summed E-state index contributed by atoms with van der Waals surface area (Å²) in [5.41, 5.74) is 3.49. The van der Waals surface area contributed by atoms with Crippen LogP contribution in [0.5, 0.6) is 5.75 Å². The highest BCUT2D eigenvalue weighted by Gasteiger charge is 2.38. The van der Waals surface area contributed by atoms with Crippen LogP contribution in [0.4, 0.5) is 13.2 Å². The minimum atomic E-state index is -5.08. The number of hydrogen-bond acceptors (Lipinski definition) is 5. The van der Waals surface area contributed by atoms with Gasteiger partial charge < -0.3 is 14.8 Å². The van der Waals surface area contributed by atoms with Crippen molar-refractivity contribution >= 4 is 22.8 Å². The lowest BCUT2D eigenvalue weighted by Gasteiger charge is -2.04. The van der Waals surface area contributed by atoms with E-state index < -0.39 is 12.1 Å². The van der Waals surface area contributed by atoms with E-state index in [1.165, 1.54) is 0 Å². The van der Waals surface area contributed by atoms with Gasteiger partial charge in [-0.1, -0.05) is 0 Å². The fourth-order valence-electron chi connectivity index (χ4n) is 2.43. The number of aromatic nitrogens is 5. The van der Waals surface area contributed by atoms with E-state index in [9.17, 15) is 13.2 Å². The van der Waals surface area contributed by atoms with Gasteiger partial charge in [0.1, 0.15) is 5.75 Å². The molecule has 0 saturated carbocycles. The Bertz CT molecular complexity index is 1100. The summed E-state index contributed by atoms with van der Waals surface area (Å²) in [5.74, 6) is -1.11. The Hall–Kier alpha value is -3.63. The third-order valence-electron chi connectivity index (χ3n) is 3.61. The molecule has 0 amide bonds. The van der Waals surface area contributed by atoms with Gasteiger partial charge in [-0.25, -0.2) is 9.78 Å². The van der Waals surface area contributed by atoms with Gasteiger partial charge in [-0.15, -0.1) is 10.2 Å². The van der Waals surface area contributed by atoms with Crippen LogP contribution < -0.4 is 4.74 Å². The lowest BCUT2D eigenvalue weighted by Crippen LogP contribution is -2.21. The fraction of sp³-hybridized carbons (Fsp3) is 0.176. The van der Waals surface area contributed by atoms with E-state index in [4.69, 9.17) is 14.6 Å². The zero-order chi connectivity index (χ0) is 20.3. The third-order valence-corrected chi connectivity index (χ3v) is 3.61. The fourth-order valence-corrected chi connectivity index (χ4v) is 2.43. The van der Waals surface area contributed by atoms with Gasteiger partial charge in [-0.05, 0) is 37.3 Å². The summed E-state index contributed by atoms with van der Waals surface area (Å²) < 4.78 is 39.2. The Morgan fingerprint density at radius 1 is 1.21 bits per heavy atom. The van der Waals surface area contributed by atoms with Gasteiger partial charge in [0.15, 0.2) is 17.1 Å². The summed E-state index contributed by atoms with van der Waals surface area (Å²) in [6.45, 7) is 2.62. The van der Waals surface area contributed by atoms with Crippen LogP contribution in [0, 0.1) is 0 Å². The molecule has 3 aromatic heterocycles. The summed E-state index contributed by atoms with van der Waals surface area (Å²) in [4.78, 5) is 16.3. The summed E-state index contributed by atoms with van der Waals surface area (Å²) in [6, 6.07) is 9.82. The maximum Gasteiger partial charge on any atom is 0.490 e. The number of nitrogens with one attached hydrogen (secondary N) is 1. The number of nitrogens with zero attached hydrogens (tertiary/aromatic N) is 4. The van der Waals surface area contributed by atoms with Gasteiger partial charge in [0.2, 0.25) is 0 Å². The zero-order valence-electron chi connectivity index (χ0n) is 14.4. The molecule has 0 saturated heterocycles. The number of ether oxygens (including phenoxy) is 1. The number of carboxylic acid groups (broad SMARTS) is 1. The number of alkyl halides is 3. The minimum absolute atomic E-state index is 0.656. The molecule has 3 heterocycles. The molecule has 4 aromatic rings. The van der Waals surface area contributed by atoms with Crippen LogP contribution >= 0.6 is 0 Å². The van der Waals surface area contributed by atoms with E-state index in [0.717, 1.165) is 33.9 Å². The smallest absolute Gasteiger partial charge is 0.490 e. The molecule has 1 aromatic carbocycles. The number of carboxylic acids is 1. The molecule has 0 unspecified atom stereocenters. The standard InChI is InChI=1S/C15H13N5O.C2HF3O2/c1-2-21-11-5-3-10(4-6-11)15-19-18-13-9-17-14-12(20(13)15)7-8-16-14;3-2(4,5)1(6)7/h3-9,16H,2H2,1H3;(H,6,7). The molecule has 8 nitrogen and oxygen atoms in total. The van der Waals surface area contributed by atoms with Gasteiger partial charge in [-0.2, -0.15) is 13.2 Å². The number of fused-ring (bicyclic) bond motifs is 3. The number of rotatable bonds is 3. The highest BCUT2D eigenvalue weighted by atomic mass is 19.4. The van der Waals surface area contributed by atoms with Gasteiger partial charge in [0, 0.05) is 11.8 Å². The maximum atomic E-state index is 10.6. The molecule has 0 radical (unpaired) electrons. The molecular formula is C17H14F3N5O3. The molecule has 0 atom stereocenters. The number of aliphatic carboxylic acids is 1. The van der Waals surface area contributed by atoms with Crippen molar-refractivity contribution in [3.05, 3.63) is 42.7 Å². The topological polar surface area (TPSA) is 105 Å². The molecular weight excluding hydrogens is 379 g/mol. The number of aromatic amines is 1. The Kier molecular flexibility index (Phi) is 5.16. The number of H-pyrrole nitrogens is 1. The molecule has 28 heavy (non-hydrogen) atoms. The summed E-state index contributed by atoms with van der Waals surface area (Å²) in [6.07, 6.45) is -1.51. The Balaban J connectivity index is 0.000000279. The molecule has 4 rings (SSSR count). The van der Waals surface area contributed by atoms with Crippen molar-refractivity contribution in [2.75, 3.05) is 6.61 Å². The monoisotopic (exact) mass is 393 g/mol. The molecule has 2 N–H and O–H groups in total. The SMILES string of the molecule is CCOc1ccc(-c2nnc3cnc4[nH]ccc4n23)cc1.O=C(O)C(F)(F)F. The second kappa shape index (κ2) is 7.55. The summed E-state index contributed by atoms with van der Waals surface area (Å²) >= 11 is 0. The van der Waals surface area contributed by atoms with Crippen LogP contribution in [0.25, 0.3) is 28.2 Å². The Labute approximate surface area is 155 Å². The van der Waals surface area contributed by atoms with Crippen LogP contribution in [-0.4, -0.2) is 48.4 Å². The second-order valence-corrected chi connectivity index (χ2v) is 5.45. The van der Waals surface area contributed by atoms with Crippen molar-refractivity contribution in [3.63, 3.8) is 0 Å². The van der Waals surface area contributed by atoms with Crippen molar-refractivity contribution in [1.82, 2.24) is 24.6 Å². The average molecular weight is 393 g/mol. The summed E-state index contributed by atoms with van der Waals surface area (Å²) in [5, 5.41) is 15.6. The number of benzene rings is 1. The normalized spacial score (nSPS) is 11.3. The van der Waals surface area contributed by atoms with E-state index in [1.54, 1.807) is 6.20 Å². The molecule has 146 valence electrons. The van der Waals surface area contributed by atoms with Crippen molar-refractivity contribution < 1.29 is 27.8 Å². The predicted molar refractivity (Wildman–Crippen MR) is 92.9 cm³/mol. The van der Waals surface area contributed by atoms with E-state index in [2.05, 4.69) is 20.2 Å². The third kappa shape index (κ3) is 3.87. The van der Waals surface area contributed by atoms with Gasteiger partial charge >= 0.3 is 12.1 Å². The highest BCUT2D eigenvalue weighted by Crippen LogP contribution is 2.24. The van der Waals surface area contributed by atoms with E-state index in [1.807, 2.05) is 47.9 Å². The first-order valence-electron chi connectivity index (χ1n) is 8.02. The highest BCUT2D eigenvalue weighted by molar-refractivity contribution is 5.77. The van der Waals surface area contributed by atoms with E-state index in [0.29, 0.717) is 6.61 Å². The lowest BCUT2D eigenvalue weighted by atomic mass is 10.2. The van der Waals surface area contributed by atoms with Crippen molar-refractivity contribution in [2.45, 2.75) is 13.1 Å². The van der Waals surface area contributed by atoms with Crippen molar-refractivity contribution in [2.24, 2.45) is 0 Å². The van der Waals surface area contributed by atoms with Crippen LogP contribution in [0.1, 0.15) is 6.92 Å². The first kappa shape index (κ1) is 19.1. The molecule has 0 aliphatic carbocycles. The zero-order valence-corrected chi connectivity index (χ0v) is 14.4. The Morgan fingerprint density at radius 2 is 1.89 bits per heavy atom. The quantitative estimate of drug-likeness (QED) is 0.553. The molecule has 0 aliphatic heterocycles. The number of halogens is 3. The van der Waals surface area contributed by atoms with Gasteiger partial charge in [-0.3, -0.25) is 4.40 Å². The van der Waals surface area contributed by atoms with Crippen molar-refractivity contribution in [1.29, 1.82) is 0 Å².